The van der Waals surface area contributed by atoms with E-state index in [1.165, 1.54) is 16.6 Å². The summed E-state index contributed by atoms with van der Waals surface area (Å²) in [6.07, 6.45) is 2.04. The van der Waals surface area contributed by atoms with Crippen molar-refractivity contribution in [3.63, 3.8) is 0 Å². The molecule has 0 amide bonds. The molecule has 1 aromatic rings. The van der Waals surface area contributed by atoms with E-state index in [4.69, 9.17) is 16.3 Å². The Labute approximate surface area is 122 Å². The van der Waals surface area contributed by atoms with Crippen LogP contribution in [0.2, 0.25) is 5.02 Å². The number of nitrogens with zero attached hydrogens (tertiary/aromatic N) is 1. The fourth-order valence-corrected chi connectivity index (χ4v) is 3.90. The summed E-state index contributed by atoms with van der Waals surface area (Å²) in [4.78, 5) is 13.5. The molecule has 1 unspecified atom stereocenters. The molecule has 0 radical (unpaired) electrons. The topological polar surface area (TPSA) is 79.5 Å². The SMILES string of the molecule is CCN(CC1CCOC1)S(=O)(=O)c1c[nH]c(=O)c(Cl)c1. The zero-order valence-corrected chi connectivity index (χ0v) is 12.7. The van der Waals surface area contributed by atoms with Crippen LogP contribution in [0.1, 0.15) is 13.3 Å². The third-order valence-corrected chi connectivity index (χ3v) is 5.51. The van der Waals surface area contributed by atoms with Crippen molar-refractivity contribution in [2.24, 2.45) is 5.92 Å². The number of rotatable bonds is 5. The second-order valence-corrected chi connectivity index (χ2v) is 7.04. The van der Waals surface area contributed by atoms with Crippen LogP contribution < -0.4 is 5.56 Å². The number of hydrogen-bond acceptors (Lipinski definition) is 4. The quantitative estimate of drug-likeness (QED) is 0.880. The van der Waals surface area contributed by atoms with Gasteiger partial charge in [0.05, 0.1) is 11.5 Å². The highest BCUT2D eigenvalue weighted by Crippen LogP contribution is 2.20. The van der Waals surface area contributed by atoms with Crippen LogP contribution in [0.4, 0.5) is 0 Å². The fraction of sp³-hybridized carbons (Fsp3) is 0.583. The van der Waals surface area contributed by atoms with Crippen LogP contribution in [0, 0.1) is 5.92 Å². The maximum atomic E-state index is 12.5. The van der Waals surface area contributed by atoms with Gasteiger partial charge in [-0.2, -0.15) is 4.31 Å². The van der Waals surface area contributed by atoms with Crippen LogP contribution in [-0.2, 0) is 14.8 Å². The maximum Gasteiger partial charge on any atom is 0.266 e. The van der Waals surface area contributed by atoms with Gasteiger partial charge in [-0.3, -0.25) is 4.79 Å². The predicted molar refractivity (Wildman–Crippen MR) is 75.4 cm³/mol. The van der Waals surface area contributed by atoms with Crippen LogP contribution >= 0.6 is 11.6 Å². The lowest BCUT2D eigenvalue weighted by Crippen LogP contribution is -2.35. The number of sulfonamides is 1. The largest absolute Gasteiger partial charge is 0.381 e. The van der Waals surface area contributed by atoms with Crippen LogP contribution in [0.15, 0.2) is 22.0 Å². The Morgan fingerprint density at radius 3 is 2.85 bits per heavy atom. The van der Waals surface area contributed by atoms with Gasteiger partial charge in [0.1, 0.15) is 5.02 Å². The number of ether oxygens (including phenoxy) is 1. The summed E-state index contributed by atoms with van der Waals surface area (Å²) in [5.74, 6) is 0.211. The van der Waals surface area contributed by atoms with Crippen molar-refractivity contribution in [2.75, 3.05) is 26.3 Å². The number of nitrogens with one attached hydrogen (secondary N) is 1. The zero-order chi connectivity index (χ0) is 14.8. The van der Waals surface area contributed by atoms with Crippen molar-refractivity contribution in [3.8, 4) is 0 Å². The molecule has 1 aliphatic rings. The van der Waals surface area contributed by atoms with Crippen molar-refractivity contribution in [1.82, 2.24) is 9.29 Å². The van der Waals surface area contributed by atoms with E-state index >= 15 is 0 Å². The van der Waals surface area contributed by atoms with Crippen molar-refractivity contribution in [1.29, 1.82) is 0 Å². The summed E-state index contributed by atoms with van der Waals surface area (Å²) in [6, 6.07) is 1.18. The number of H-pyrrole nitrogens is 1. The molecule has 20 heavy (non-hydrogen) atoms. The van der Waals surface area contributed by atoms with E-state index < -0.39 is 15.6 Å². The van der Waals surface area contributed by atoms with E-state index in [0.717, 1.165) is 6.42 Å². The lowest BCUT2D eigenvalue weighted by atomic mass is 10.1. The van der Waals surface area contributed by atoms with Crippen LogP contribution in [-0.4, -0.2) is 44.0 Å². The summed E-state index contributed by atoms with van der Waals surface area (Å²) in [5, 5.41) is -0.133. The Hall–Kier alpha value is -0.890. The molecule has 0 aromatic carbocycles. The molecule has 1 aromatic heterocycles. The summed E-state index contributed by atoms with van der Waals surface area (Å²) in [7, 11) is -3.65. The van der Waals surface area contributed by atoms with E-state index in [-0.39, 0.29) is 15.8 Å². The smallest absolute Gasteiger partial charge is 0.266 e. The third kappa shape index (κ3) is 3.22. The van der Waals surface area contributed by atoms with Gasteiger partial charge in [0.25, 0.3) is 5.56 Å². The van der Waals surface area contributed by atoms with E-state index in [2.05, 4.69) is 4.98 Å². The van der Waals surface area contributed by atoms with E-state index in [9.17, 15) is 13.2 Å². The van der Waals surface area contributed by atoms with Gasteiger partial charge in [-0.25, -0.2) is 8.42 Å². The standard InChI is InChI=1S/C12H17ClN2O4S/c1-2-15(7-9-3-4-19-8-9)20(17,18)10-5-11(13)12(16)14-6-10/h5-6,9H,2-4,7-8H2,1H3,(H,14,16). The highest BCUT2D eigenvalue weighted by Gasteiger charge is 2.28. The molecule has 112 valence electrons. The minimum absolute atomic E-state index is 0.00265. The summed E-state index contributed by atoms with van der Waals surface area (Å²) in [6.45, 7) is 3.80. The van der Waals surface area contributed by atoms with E-state index in [1.54, 1.807) is 6.92 Å². The fourth-order valence-electron chi connectivity index (χ4n) is 2.15. The number of aromatic nitrogens is 1. The molecule has 0 saturated carbocycles. The van der Waals surface area contributed by atoms with Crippen LogP contribution in [0.25, 0.3) is 0 Å². The monoisotopic (exact) mass is 320 g/mol. The third-order valence-electron chi connectivity index (χ3n) is 3.31. The highest BCUT2D eigenvalue weighted by molar-refractivity contribution is 7.89. The molecule has 2 rings (SSSR count). The molecule has 8 heteroatoms. The molecule has 1 fully saturated rings. The molecule has 6 nitrogen and oxygen atoms in total. The molecule has 1 atom stereocenters. The Kier molecular flexibility index (Phi) is 4.85. The van der Waals surface area contributed by atoms with E-state index in [1.807, 2.05) is 0 Å². The van der Waals surface area contributed by atoms with Gasteiger partial charge in [-0.1, -0.05) is 18.5 Å². The highest BCUT2D eigenvalue weighted by atomic mass is 35.5. The van der Waals surface area contributed by atoms with Gasteiger partial charge in [-0.15, -0.1) is 0 Å². The van der Waals surface area contributed by atoms with Gasteiger partial charge >= 0.3 is 0 Å². The average Bonchev–Trinajstić information content (AvgIpc) is 2.91. The summed E-state index contributed by atoms with van der Waals surface area (Å²) < 4.78 is 31.7. The Bertz CT molecular complexity index is 623. The van der Waals surface area contributed by atoms with Gasteiger partial charge in [-0.05, 0) is 18.4 Å². The molecule has 1 N–H and O–H groups in total. The Balaban J connectivity index is 2.25. The summed E-state index contributed by atoms with van der Waals surface area (Å²) in [5.41, 5.74) is -0.502. The van der Waals surface area contributed by atoms with E-state index in [0.29, 0.717) is 26.3 Å². The lowest BCUT2D eigenvalue weighted by Gasteiger charge is -2.23. The first-order valence-corrected chi connectivity index (χ1v) is 8.23. The number of halogens is 1. The second kappa shape index (κ2) is 6.26. The minimum Gasteiger partial charge on any atom is -0.381 e. The van der Waals surface area contributed by atoms with Gasteiger partial charge in [0.15, 0.2) is 0 Å². The molecule has 1 aliphatic heterocycles. The van der Waals surface area contributed by atoms with Crippen LogP contribution in [0.3, 0.4) is 0 Å². The maximum absolute atomic E-state index is 12.5. The Morgan fingerprint density at radius 1 is 1.55 bits per heavy atom. The number of pyridine rings is 1. The summed E-state index contributed by atoms with van der Waals surface area (Å²) >= 11 is 5.69. The molecule has 0 spiro atoms. The molecule has 0 bridgehead atoms. The molecule has 1 saturated heterocycles. The van der Waals surface area contributed by atoms with Crippen molar-refractivity contribution >= 4 is 21.6 Å². The molecular formula is C12H17ClN2O4S. The first-order valence-electron chi connectivity index (χ1n) is 6.41. The molecular weight excluding hydrogens is 304 g/mol. The van der Waals surface area contributed by atoms with Crippen LogP contribution in [0.5, 0.6) is 0 Å². The second-order valence-electron chi connectivity index (χ2n) is 4.70. The van der Waals surface area contributed by atoms with Crippen molar-refractivity contribution in [3.05, 3.63) is 27.6 Å². The average molecular weight is 321 g/mol. The number of hydrogen-bond donors (Lipinski definition) is 1. The zero-order valence-electron chi connectivity index (χ0n) is 11.1. The van der Waals surface area contributed by atoms with Crippen molar-refractivity contribution in [2.45, 2.75) is 18.2 Å². The molecule has 0 aliphatic carbocycles. The normalized spacial score (nSPS) is 19.6. The molecule has 2 heterocycles. The van der Waals surface area contributed by atoms with Gasteiger partial charge in [0.2, 0.25) is 10.0 Å². The lowest BCUT2D eigenvalue weighted by molar-refractivity contribution is 0.181. The predicted octanol–water partition coefficient (Wildman–Crippen LogP) is 1.08. The van der Waals surface area contributed by atoms with Crippen molar-refractivity contribution < 1.29 is 13.2 Å². The Morgan fingerprint density at radius 2 is 2.30 bits per heavy atom. The van der Waals surface area contributed by atoms with Gasteiger partial charge < -0.3 is 9.72 Å². The first kappa shape index (κ1) is 15.5. The minimum atomic E-state index is -3.65. The van der Waals surface area contributed by atoms with Gasteiger partial charge in [0, 0.05) is 25.9 Å². The number of aromatic amines is 1. The first-order chi connectivity index (χ1) is 9.45.